The van der Waals surface area contributed by atoms with Gasteiger partial charge in [-0.2, -0.15) is 15.3 Å². The van der Waals surface area contributed by atoms with Crippen molar-refractivity contribution in [2.24, 2.45) is 42.6 Å². The molecule has 3 saturated heterocycles. The van der Waals surface area contributed by atoms with Crippen LogP contribution in [0.2, 0.25) is 0 Å². The molecule has 22 heteroatoms. The first-order chi connectivity index (χ1) is 42.3. The van der Waals surface area contributed by atoms with Gasteiger partial charge in [-0.3, -0.25) is 14.9 Å². The Bertz CT molecular complexity index is 3770. The summed E-state index contributed by atoms with van der Waals surface area (Å²) in [5, 5.41) is 75.8. The number of benzene rings is 1. The van der Waals surface area contributed by atoms with Gasteiger partial charge in [-0.05, 0) is 159 Å². The Kier molecular flexibility index (Phi) is 17.1. The van der Waals surface area contributed by atoms with E-state index in [9.17, 15) is 19.7 Å². The highest BCUT2D eigenvalue weighted by molar-refractivity contribution is 5.85. The zero-order chi connectivity index (χ0) is 60.1. The second-order valence-corrected chi connectivity index (χ2v) is 24.1. The lowest BCUT2D eigenvalue weighted by atomic mass is 9.88. The van der Waals surface area contributed by atoms with Gasteiger partial charge in [0.25, 0.3) is 0 Å². The predicted molar refractivity (Wildman–Crippen MR) is 333 cm³/mol. The molecule has 21 nitrogen and oxygen atoms in total. The van der Waals surface area contributed by atoms with Crippen molar-refractivity contribution < 1.29 is 19.7 Å². The quantitative estimate of drug-likeness (QED) is 0.0761. The third-order valence-electron chi connectivity index (χ3n) is 17.5. The number of hydrogen-bond donors (Lipinski definition) is 5. The van der Waals surface area contributed by atoms with Gasteiger partial charge in [0, 0.05) is 117 Å². The van der Waals surface area contributed by atoms with Crippen LogP contribution in [0.15, 0.2) is 116 Å². The number of nitrogens with zero attached hydrogens (tertiary/aromatic N) is 16. The molecule has 1 aromatic carbocycles. The second-order valence-electron chi connectivity index (χ2n) is 24.1. The number of aromatic nitrogens is 15. The number of piperidine rings is 3. The van der Waals surface area contributed by atoms with Gasteiger partial charge >= 0.3 is 0 Å². The molecule has 87 heavy (non-hydrogen) atoms. The Balaban J connectivity index is 0.000000128. The highest BCUT2D eigenvalue weighted by atomic mass is 19.1. The van der Waals surface area contributed by atoms with Gasteiger partial charge in [0.1, 0.15) is 56.9 Å². The molecule has 1 saturated carbocycles. The smallest absolute Gasteiger partial charge is 0.151 e. The molecule has 448 valence electrons. The monoisotopic (exact) mass is 1170 g/mol. The Morgan fingerprint density at radius 3 is 1.31 bits per heavy atom. The summed E-state index contributed by atoms with van der Waals surface area (Å²) in [6, 6.07) is 19.7. The normalized spacial score (nSPS) is 17.9. The van der Waals surface area contributed by atoms with Crippen LogP contribution in [-0.2, 0) is 7.05 Å². The van der Waals surface area contributed by atoms with Crippen molar-refractivity contribution in [3.8, 4) is 84.8 Å². The van der Waals surface area contributed by atoms with Gasteiger partial charge in [-0.1, -0.05) is 27.7 Å². The van der Waals surface area contributed by atoms with E-state index in [0.717, 1.165) is 97.2 Å². The van der Waals surface area contributed by atoms with Crippen molar-refractivity contribution in [1.29, 1.82) is 0 Å². The lowest BCUT2D eigenvalue weighted by Crippen LogP contribution is -2.37. The molecule has 9 aromatic heterocycles. The second kappa shape index (κ2) is 25.6. The number of rotatable bonds is 12. The summed E-state index contributed by atoms with van der Waals surface area (Å²) in [7, 11) is 1.75. The molecule has 1 unspecified atom stereocenters. The standard InChI is InChI=1S/C25H27FN6O.C20H22N6O.C20H24N6O/c1-15(2)16-5-4-8-32(14-16)23-7-6-21(28-29-23)25-22(33)11-18(12-27-25)17-9-19-13-31(3)30-24(19)20(26)10-17;27-18-8-15(16-10-22-23-11-16)9-21-20(18)17-5-6-19(25-24-17)26-7-1-2-14(12-26)13-3-4-13;1-13(2)14-4-3-7-26(12-14)19-6-5-17(24-25-19)20-18(27)8-15(9-21-20)16-10-22-23-11-16/h6-7,9-13,15-16,33H,4-5,8,14H2,1-3H3;5-6,8-11,13-14,27H,1-4,7,12H2,(H,22,23);5-6,8-11,13-14,27H,3-4,7,12H2,1-2H3,(H,22,23)/t16-;;14-/m1.1/s1. The number of halogens is 1. The molecule has 3 atom stereocenters. The molecular weight excluding hydrogens is 1100 g/mol. The largest absolute Gasteiger partial charge is 0.506 e. The van der Waals surface area contributed by atoms with E-state index >= 15 is 0 Å². The molecule has 5 N–H and O–H groups in total. The van der Waals surface area contributed by atoms with Crippen LogP contribution in [0.1, 0.15) is 79.1 Å². The Hall–Kier alpha value is -9.47. The van der Waals surface area contributed by atoms with Crippen molar-refractivity contribution >= 4 is 28.4 Å². The molecule has 4 fully saturated rings. The highest BCUT2D eigenvalue weighted by Crippen LogP contribution is 2.42. The van der Waals surface area contributed by atoms with Crippen LogP contribution in [0.25, 0.3) is 78.4 Å². The number of nitrogens with one attached hydrogen (secondary N) is 2. The van der Waals surface area contributed by atoms with Crippen molar-refractivity contribution in [2.45, 2.75) is 79.1 Å². The van der Waals surface area contributed by atoms with Gasteiger partial charge in [-0.25, -0.2) is 19.3 Å². The maximum absolute atomic E-state index is 14.5. The summed E-state index contributed by atoms with van der Waals surface area (Å²) in [5.74, 6) is 6.78. The summed E-state index contributed by atoms with van der Waals surface area (Å²) >= 11 is 0. The van der Waals surface area contributed by atoms with Crippen molar-refractivity contribution in [2.75, 3.05) is 54.0 Å². The lowest BCUT2D eigenvalue weighted by molar-refractivity contribution is 0.320. The lowest BCUT2D eigenvalue weighted by Gasteiger charge is -2.35. The molecule has 0 spiro atoms. The minimum absolute atomic E-state index is 0.0286. The van der Waals surface area contributed by atoms with E-state index in [1.807, 2.05) is 42.5 Å². The van der Waals surface area contributed by atoms with Gasteiger partial charge < -0.3 is 30.0 Å². The fourth-order valence-corrected chi connectivity index (χ4v) is 12.2. The fraction of sp³-hybridized carbons (Fsp3) is 0.385. The number of fused-ring (bicyclic) bond motifs is 1. The average molecular weight is 1170 g/mol. The molecule has 4 aliphatic rings. The maximum Gasteiger partial charge on any atom is 0.151 e. The van der Waals surface area contributed by atoms with E-state index < -0.39 is 5.82 Å². The van der Waals surface area contributed by atoms with Crippen LogP contribution in [0.4, 0.5) is 21.8 Å². The first-order valence-electron chi connectivity index (χ1n) is 30.2. The summed E-state index contributed by atoms with van der Waals surface area (Å²) in [6.45, 7) is 15.2. The fourth-order valence-electron chi connectivity index (χ4n) is 12.2. The Morgan fingerprint density at radius 1 is 0.483 bits per heavy atom. The maximum atomic E-state index is 14.5. The van der Waals surface area contributed by atoms with Gasteiger partial charge in [0.2, 0.25) is 0 Å². The van der Waals surface area contributed by atoms with E-state index in [2.05, 4.69) is 113 Å². The third kappa shape index (κ3) is 13.3. The molecule has 10 aromatic rings. The third-order valence-corrected chi connectivity index (χ3v) is 17.5. The minimum atomic E-state index is -0.412. The van der Waals surface area contributed by atoms with Crippen LogP contribution in [0.3, 0.4) is 0 Å². The molecule has 0 amide bonds. The zero-order valence-corrected chi connectivity index (χ0v) is 49.7. The average Bonchev–Trinajstić information content (AvgIpc) is 3.33. The predicted octanol–water partition coefficient (Wildman–Crippen LogP) is 11.6. The van der Waals surface area contributed by atoms with Crippen molar-refractivity contribution in [3.63, 3.8) is 0 Å². The van der Waals surface area contributed by atoms with Crippen molar-refractivity contribution in [1.82, 2.24) is 75.7 Å². The van der Waals surface area contributed by atoms with Gasteiger partial charge in [-0.15, -0.1) is 30.6 Å². The zero-order valence-electron chi connectivity index (χ0n) is 49.7. The number of H-pyrrole nitrogens is 2. The Labute approximate surface area is 504 Å². The van der Waals surface area contributed by atoms with Gasteiger partial charge in [0.15, 0.2) is 23.3 Å². The summed E-state index contributed by atoms with van der Waals surface area (Å²) in [4.78, 5) is 20.1. The molecule has 0 radical (unpaired) electrons. The topological polar surface area (TPSA) is 262 Å². The molecule has 12 heterocycles. The molecular formula is C65H73FN18O3. The first-order valence-corrected chi connectivity index (χ1v) is 30.2. The minimum Gasteiger partial charge on any atom is -0.506 e. The Morgan fingerprint density at radius 2 is 0.920 bits per heavy atom. The molecule has 14 rings (SSSR count). The molecule has 0 bridgehead atoms. The van der Waals surface area contributed by atoms with E-state index in [-0.39, 0.29) is 17.2 Å². The number of aryl methyl sites for hydroxylation is 1. The summed E-state index contributed by atoms with van der Waals surface area (Å²) in [6.07, 6.45) is 23.9. The van der Waals surface area contributed by atoms with Crippen molar-refractivity contribution in [3.05, 3.63) is 122 Å². The number of pyridine rings is 3. The van der Waals surface area contributed by atoms with Crippen LogP contribution < -0.4 is 14.7 Å². The summed E-state index contributed by atoms with van der Waals surface area (Å²) in [5.41, 5.74) is 7.74. The molecule has 3 aliphatic heterocycles. The van der Waals surface area contributed by atoms with E-state index in [1.54, 1.807) is 79.5 Å². The number of hydrogen-bond acceptors (Lipinski definition) is 18. The van der Waals surface area contributed by atoms with Crippen LogP contribution in [-0.4, -0.2) is 130 Å². The molecule has 1 aliphatic carbocycles. The van der Waals surface area contributed by atoms with Crippen LogP contribution in [0, 0.1) is 41.3 Å². The van der Waals surface area contributed by atoms with E-state index in [1.165, 1.54) is 51.0 Å². The SMILES string of the molecule is CC(C)[C@@H]1CCCN(c2ccc(-c3ncc(-c4cc(F)c5nn(C)cc5c4)cc3O)nn2)C1.CC(C)[C@@H]1CCCN(c2ccc(-c3ncc(-c4cn[nH]c4)cc3O)nn2)C1.Oc1cc(-c2cn[nH]c2)cnc1-c1ccc(N2CCCC(C3CC3)C2)nn1. The van der Waals surface area contributed by atoms with Crippen LogP contribution >= 0.6 is 0 Å². The number of aromatic hydroxyl groups is 3. The van der Waals surface area contributed by atoms with E-state index in [4.69, 9.17) is 0 Å². The highest BCUT2D eigenvalue weighted by Gasteiger charge is 2.35. The van der Waals surface area contributed by atoms with E-state index in [0.29, 0.717) is 79.9 Å². The summed E-state index contributed by atoms with van der Waals surface area (Å²) < 4.78 is 16.0. The number of aromatic amines is 2. The number of anilines is 3. The van der Waals surface area contributed by atoms with Gasteiger partial charge in [0.05, 0.1) is 12.4 Å². The first kappa shape index (κ1) is 57.9. The van der Waals surface area contributed by atoms with Crippen LogP contribution in [0.5, 0.6) is 17.2 Å².